The Morgan fingerprint density at radius 3 is 2.68 bits per heavy atom. The van der Waals surface area contributed by atoms with Gasteiger partial charge in [-0.1, -0.05) is 18.2 Å². The van der Waals surface area contributed by atoms with Gasteiger partial charge in [0.2, 0.25) is 11.5 Å². The first-order valence-corrected chi connectivity index (χ1v) is 11.1. The number of halogens is 2. The first-order valence-electron chi connectivity index (χ1n) is 10.2. The second-order valence-electron chi connectivity index (χ2n) is 7.96. The summed E-state index contributed by atoms with van der Waals surface area (Å²) in [7, 11) is 3.04. The van der Waals surface area contributed by atoms with Crippen LogP contribution >= 0.6 is 11.3 Å². The number of amides is 1. The highest BCUT2D eigenvalue weighted by atomic mass is 32.1. The molecule has 12 heteroatoms. The van der Waals surface area contributed by atoms with E-state index in [1.54, 1.807) is 47.7 Å². The summed E-state index contributed by atoms with van der Waals surface area (Å²) >= 11 is 1.29. The van der Waals surface area contributed by atoms with Crippen LogP contribution in [0, 0.1) is 0 Å². The monoisotopic (exact) mass is 483 g/mol. The molecule has 2 N–H and O–H groups in total. The molecular formula is C22H19F2N7O2S. The highest BCUT2D eigenvalue weighted by Gasteiger charge is 2.66. The molecule has 4 aromatic rings. The standard InChI is InChI=1S/C22H19F2N7O2S/c1-30-12-21(23,24)22(33,19(30)32)14-5-3-4-13(10-14)18-26-16(11-34-18)15-6-8-25-20(27-15)28-17-7-9-31(2)29-17/h3-11,33H,12H2,1-2H3,(H,25,27,28,29)/t22-/m0/s1. The summed E-state index contributed by atoms with van der Waals surface area (Å²) in [6.07, 6.45) is 3.38. The molecule has 1 amide bonds. The van der Waals surface area contributed by atoms with Crippen LogP contribution in [-0.4, -0.2) is 60.2 Å². The van der Waals surface area contributed by atoms with Crippen molar-refractivity contribution in [1.29, 1.82) is 0 Å². The number of likely N-dealkylation sites (tertiary alicyclic amines) is 1. The molecule has 0 saturated carbocycles. The molecule has 1 atom stereocenters. The van der Waals surface area contributed by atoms with Crippen molar-refractivity contribution in [3.8, 4) is 22.0 Å². The Balaban J connectivity index is 1.44. The molecule has 1 saturated heterocycles. The van der Waals surface area contributed by atoms with Crippen molar-refractivity contribution < 1.29 is 18.7 Å². The van der Waals surface area contributed by atoms with Gasteiger partial charge in [0.15, 0.2) is 5.82 Å². The molecule has 34 heavy (non-hydrogen) atoms. The van der Waals surface area contributed by atoms with Gasteiger partial charge in [-0.25, -0.2) is 23.7 Å². The lowest BCUT2D eigenvalue weighted by Crippen LogP contribution is -2.47. The maximum absolute atomic E-state index is 14.6. The molecule has 0 radical (unpaired) electrons. The Labute approximate surface area is 196 Å². The fourth-order valence-electron chi connectivity index (χ4n) is 3.81. The number of rotatable bonds is 5. The van der Waals surface area contributed by atoms with Gasteiger partial charge in [0, 0.05) is 43.5 Å². The minimum absolute atomic E-state index is 0.176. The summed E-state index contributed by atoms with van der Waals surface area (Å²) in [6.45, 7) is -0.851. The topological polar surface area (TPSA) is 109 Å². The average Bonchev–Trinajstić information content (AvgIpc) is 3.50. The predicted molar refractivity (Wildman–Crippen MR) is 122 cm³/mol. The van der Waals surface area contributed by atoms with E-state index < -0.39 is 24.0 Å². The van der Waals surface area contributed by atoms with Crippen LogP contribution in [-0.2, 0) is 17.4 Å². The number of nitrogens with zero attached hydrogens (tertiary/aromatic N) is 6. The molecule has 4 heterocycles. The van der Waals surface area contributed by atoms with Crippen molar-refractivity contribution in [3.63, 3.8) is 0 Å². The van der Waals surface area contributed by atoms with Gasteiger partial charge >= 0.3 is 5.92 Å². The van der Waals surface area contributed by atoms with Gasteiger partial charge in [-0.05, 0) is 17.7 Å². The number of aromatic nitrogens is 5. The van der Waals surface area contributed by atoms with Gasteiger partial charge in [0.25, 0.3) is 5.91 Å². The zero-order valence-electron chi connectivity index (χ0n) is 18.1. The van der Waals surface area contributed by atoms with Gasteiger partial charge < -0.3 is 15.3 Å². The quantitative estimate of drug-likeness (QED) is 0.449. The van der Waals surface area contributed by atoms with Crippen LogP contribution in [0.15, 0.2) is 54.2 Å². The Bertz CT molecular complexity index is 1390. The third-order valence-electron chi connectivity index (χ3n) is 5.52. The number of benzene rings is 1. The van der Waals surface area contributed by atoms with Gasteiger partial charge in [0.1, 0.15) is 10.7 Å². The molecule has 0 aliphatic carbocycles. The number of carbonyl (C=O) groups is 1. The van der Waals surface area contributed by atoms with E-state index in [1.165, 1.54) is 36.6 Å². The summed E-state index contributed by atoms with van der Waals surface area (Å²) in [5.74, 6) is -3.72. The summed E-state index contributed by atoms with van der Waals surface area (Å²) < 4.78 is 30.8. The van der Waals surface area contributed by atoms with Crippen molar-refractivity contribution in [3.05, 3.63) is 59.7 Å². The minimum atomic E-state index is -3.62. The van der Waals surface area contributed by atoms with Crippen LogP contribution in [0.1, 0.15) is 5.56 Å². The number of likely N-dealkylation sites (N-methyl/N-ethyl adjacent to an activating group) is 1. The summed E-state index contributed by atoms with van der Waals surface area (Å²) in [6, 6.07) is 9.39. The Morgan fingerprint density at radius 2 is 1.97 bits per heavy atom. The maximum atomic E-state index is 14.6. The molecule has 1 fully saturated rings. The molecule has 1 aliphatic heterocycles. The van der Waals surface area contributed by atoms with Gasteiger partial charge in [0.05, 0.1) is 12.2 Å². The molecule has 0 bridgehead atoms. The fraction of sp³-hybridized carbons (Fsp3) is 0.227. The van der Waals surface area contributed by atoms with Crippen molar-refractivity contribution in [1.82, 2.24) is 29.6 Å². The second-order valence-corrected chi connectivity index (χ2v) is 8.82. The van der Waals surface area contributed by atoms with Crippen molar-refractivity contribution >= 4 is 29.0 Å². The smallest absolute Gasteiger partial charge is 0.306 e. The zero-order chi connectivity index (χ0) is 24.1. The lowest BCUT2D eigenvalue weighted by molar-refractivity contribution is -0.173. The third-order valence-corrected chi connectivity index (χ3v) is 6.42. The first-order chi connectivity index (χ1) is 16.2. The van der Waals surface area contributed by atoms with Crippen molar-refractivity contribution in [2.24, 2.45) is 7.05 Å². The second kappa shape index (κ2) is 7.92. The number of alkyl halides is 2. The van der Waals surface area contributed by atoms with E-state index in [0.29, 0.717) is 33.7 Å². The number of aryl methyl sites for hydroxylation is 1. The molecule has 9 nitrogen and oxygen atoms in total. The van der Waals surface area contributed by atoms with Gasteiger partial charge in [-0.3, -0.25) is 9.48 Å². The lowest BCUT2D eigenvalue weighted by Gasteiger charge is -2.27. The normalized spacial score (nSPS) is 19.6. The molecule has 0 unspecified atom stereocenters. The maximum Gasteiger partial charge on any atom is 0.306 e. The summed E-state index contributed by atoms with van der Waals surface area (Å²) in [4.78, 5) is 26.5. The summed E-state index contributed by atoms with van der Waals surface area (Å²) in [5.41, 5.74) is -1.47. The predicted octanol–water partition coefficient (Wildman–Crippen LogP) is 3.04. The van der Waals surface area contributed by atoms with E-state index in [0.717, 1.165) is 4.90 Å². The Kier molecular flexibility index (Phi) is 5.14. The number of thiazole rings is 1. The van der Waals surface area contributed by atoms with E-state index in [9.17, 15) is 18.7 Å². The van der Waals surface area contributed by atoms with E-state index in [2.05, 4.69) is 25.4 Å². The van der Waals surface area contributed by atoms with Crippen LogP contribution in [0.5, 0.6) is 0 Å². The van der Waals surface area contributed by atoms with Gasteiger partial charge in [-0.2, -0.15) is 5.10 Å². The fourth-order valence-corrected chi connectivity index (χ4v) is 4.62. The molecule has 1 aliphatic rings. The molecule has 3 aromatic heterocycles. The number of aliphatic hydroxyl groups is 1. The van der Waals surface area contributed by atoms with E-state index in [1.807, 2.05) is 0 Å². The Morgan fingerprint density at radius 1 is 1.15 bits per heavy atom. The molecule has 5 rings (SSSR count). The van der Waals surface area contributed by atoms with E-state index >= 15 is 0 Å². The van der Waals surface area contributed by atoms with Crippen LogP contribution in [0.3, 0.4) is 0 Å². The van der Waals surface area contributed by atoms with E-state index in [4.69, 9.17) is 0 Å². The molecule has 174 valence electrons. The number of anilines is 2. The SMILES string of the molecule is CN1CC(F)(F)[C@](O)(c2cccc(-c3nc(-c4ccnc(Nc5ccn(C)n5)n4)cs3)c2)C1=O. The highest BCUT2D eigenvalue weighted by Crippen LogP contribution is 2.45. The molecular weight excluding hydrogens is 464 g/mol. The number of nitrogens with one attached hydrogen (secondary N) is 1. The van der Waals surface area contributed by atoms with Crippen molar-refractivity contribution in [2.75, 3.05) is 18.9 Å². The summed E-state index contributed by atoms with van der Waals surface area (Å²) in [5, 5.41) is 20.3. The zero-order valence-corrected chi connectivity index (χ0v) is 18.9. The average molecular weight is 484 g/mol. The van der Waals surface area contributed by atoms with Crippen LogP contribution in [0.25, 0.3) is 22.0 Å². The first kappa shape index (κ1) is 22.0. The van der Waals surface area contributed by atoms with E-state index in [-0.39, 0.29) is 5.56 Å². The number of carbonyl (C=O) groups excluding carboxylic acids is 1. The highest BCUT2D eigenvalue weighted by molar-refractivity contribution is 7.13. The van der Waals surface area contributed by atoms with Gasteiger partial charge in [-0.15, -0.1) is 11.3 Å². The minimum Gasteiger partial charge on any atom is -0.371 e. The largest absolute Gasteiger partial charge is 0.371 e. The molecule has 0 spiro atoms. The number of hydrogen-bond donors (Lipinski definition) is 2. The van der Waals surface area contributed by atoms with Crippen LogP contribution in [0.2, 0.25) is 0 Å². The van der Waals surface area contributed by atoms with Crippen LogP contribution in [0.4, 0.5) is 20.5 Å². The Hall–Kier alpha value is -3.77. The number of hydrogen-bond acceptors (Lipinski definition) is 8. The molecule has 1 aromatic carbocycles. The lowest BCUT2D eigenvalue weighted by atomic mass is 9.88. The van der Waals surface area contributed by atoms with Crippen molar-refractivity contribution in [2.45, 2.75) is 11.5 Å². The third kappa shape index (κ3) is 3.60. The van der Waals surface area contributed by atoms with Crippen LogP contribution < -0.4 is 5.32 Å².